The number of esters is 1. The minimum Gasteiger partial charge on any atom is -0.459 e. The first-order chi connectivity index (χ1) is 19.7. The summed E-state index contributed by atoms with van der Waals surface area (Å²) in [7, 11) is 0. The van der Waals surface area contributed by atoms with E-state index in [-0.39, 0.29) is 22.9 Å². The van der Waals surface area contributed by atoms with E-state index in [1.54, 1.807) is 6.08 Å². The van der Waals surface area contributed by atoms with Gasteiger partial charge in [0.25, 0.3) is 0 Å². The van der Waals surface area contributed by atoms with Crippen LogP contribution in [0.4, 0.5) is 0 Å². The maximum absolute atomic E-state index is 12.9. The van der Waals surface area contributed by atoms with Crippen molar-refractivity contribution in [1.29, 1.82) is 0 Å². The molecule has 0 bridgehead atoms. The van der Waals surface area contributed by atoms with Gasteiger partial charge in [-0.3, -0.25) is 0 Å². The van der Waals surface area contributed by atoms with E-state index in [1.807, 2.05) is 47.6 Å². The van der Waals surface area contributed by atoms with Gasteiger partial charge in [-0.1, -0.05) is 109 Å². The van der Waals surface area contributed by atoms with Gasteiger partial charge >= 0.3 is 5.97 Å². The number of carbonyl (C=O) groups excluding carboxylic acids is 1. The molecule has 0 spiro atoms. The number of carbonyl (C=O) groups is 1. The lowest BCUT2D eigenvalue weighted by Gasteiger charge is -2.62. The van der Waals surface area contributed by atoms with Gasteiger partial charge in [0.2, 0.25) is 0 Å². The van der Waals surface area contributed by atoms with Gasteiger partial charge < -0.3 is 4.74 Å². The fraction of sp³-hybridized carbons (Fsp3) is 0.675. The van der Waals surface area contributed by atoms with Crippen LogP contribution in [-0.4, -0.2) is 12.1 Å². The van der Waals surface area contributed by atoms with E-state index in [9.17, 15) is 4.79 Å². The number of ether oxygens (including phenoxy) is 1. The lowest BCUT2D eigenvalue weighted by Crippen LogP contribution is -2.55. The third-order valence-corrected chi connectivity index (χ3v) is 13.6. The number of benzene rings is 1. The number of rotatable bonds is 8. The highest BCUT2D eigenvalue weighted by Gasteiger charge is 2.63. The lowest BCUT2D eigenvalue weighted by molar-refractivity contribution is -0.164. The lowest BCUT2D eigenvalue weighted by atomic mass is 9.43. The monoisotopic (exact) mass is 570 g/mol. The largest absolute Gasteiger partial charge is 0.459 e. The molecule has 0 saturated heterocycles. The van der Waals surface area contributed by atoms with Crippen molar-refractivity contribution >= 4 is 12.0 Å². The second-order valence-electron chi connectivity index (χ2n) is 16.2. The van der Waals surface area contributed by atoms with Crippen LogP contribution < -0.4 is 0 Å². The predicted octanol–water partition coefficient (Wildman–Crippen LogP) is 11.0. The molecule has 0 N–H and O–H groups in total. The highest BCUT2D eigenvalue weighted by Crippen LogP contribution is 2.72. The summed E-state index contributed by atoms with van der Waals surface area (Å²) in [4.78, 5) is 12.9. The van der Waals surface area contributed by atoms with Crippen molar-refractivity contribution in [2.24, 2.45) is 45.3 Å². The van der Waals surface area contributed by atoms with Crippen LogP contribution in [-0.2, 0) is 9.53 Å². The fourth-order valence-electron chi connectivity index (χ4n) is 10.6. The predicted molar refractivity (Wildman–Crippen MR) is 177 cm³/mol. The molecule has 2 nitrogen and oxygen atoms in total. The van der Waals surface area contributed by atoms with E-state index in [2.05, 4.69) is 62.0 Å². The minimum absolute atomic E-state index is 0.0348. The molecule has 7 atom stereocenters. The van der Waals surface area contributed by atoms with Gasteiger partial charge in [-0.05, 0) is 116 Å². The van der Waals surface area contributed by atoms with E-state index in [0.29, 0.717) is 22.7 Å². The molecule has 1 aromatic carbocycles. The van der Waals surface area contributed by atoms with Gasteiger partial charge in [-0.25, -0.2) is 4.79 Å². The average Bonchev–Trinajstić information content (AvgIpc) is 3.23. The zero-order valence-electron chi connectivity index (χ0n) is 28.0. The molecule has 0 aliphatic heterocycles. The highest BCUT2D eigenvalue weighted by molar-refractivity contribution is 5.87. The Balaban J connectivity index is 1.33. The summed E-state index contributed by atoms with van der Waals surface area (Å²) in [5.41, 5.74) is 6.97. The van der Waals surface area contributed by atoms with Gasteiger partial charge in [-0.2, -0.15) is 0 Å². The molecular formula is C40H58O2. The molecule has 5 rings (SSSR count). The summed E-state index contributed by atoms with van der Waals surface area (Å²) in [5, 5.41) is 0. The first-order valence-corrected chi connectivity index (χ1v) is 17.1. The van der Waals surface area contributed by atoms with Crippen LogP contribution >= 0.6 is 0 Å². The number of fused-ring (bicyclic) bond motifs is 4. The SMILES string of the molecule is C=C(CC[C@@H](C)[C@@H]1CC[C@]2(C)C3=C(CC[C@@]12C)[C@@]1(C)CC[C@H](OC(=O)C=Cc2ccccc2)C(C)(C)[C@@H]1CC3)C(C)C. The molecule has 1 aromatic rings. The quantitative estimate of drug-likeness (QED) is 0.176. The van der Waals surface area contributed by atoms with Crippen LogP contribution in [0.2, 0.25) is 0 Å². The van der Waals surface area contributed by atoms with E-state index < -0.39 is 0 Å². The topological polar surface area (TPSA) is 26.3 Å². The molecule has 230 valence electrons. The molecule has 0 aromatic heterocycles. The number of hydrogen-bond acceptors (Lipinski definition) is 2. The zero-order chi connectivity index (χ0) is 30.5. The van der Waals surface area contributed by atoms with Gasteiger partial charge in [0.15, 0.2) is 0 Å². The highest BCUT2D eigenvalue weighted by atomic mass is 16.5. The van der Waals surface area contributed by atoms with Gasteiger partial charge in [0.05, 0.1) is 0 Å². The van der Waals surface area contributed by atoms with Crippen molar-refractivity contribution in [3.8, 4) is 0 Å². The second-order valence-corrected chi connectivity index (χ2v) is 16.2. The van der Waals surface area contributed by atoms with Crippen LogP contribution in [0.25, 0.3) is 6.08 Å². The van der Waals surface area contributed by atoms with Crippen molar-refractivity contribution < 1.29 is 9.53 Å². The molecule has 2 fully saturated rings. The van der Waals surface area contributed by atoms with Crippen LogP contribution in [0.15, 0.2) is 59.7 Å². The van der Waals surface area contributed by atoms with E-state index in [0.717, 1.165) is 30.2 Å². The Hall–Kier alpha value is -2.09. The van der Waals surface area contributed by atoms with Gasteiger partial charge in [-0.15, -0.1) is 0 Å². The third-order valence-electron chi connectivity index (χ3n) is 13.6. The molecule has 2 heteroatoms. The van der Waals surface area contributed by atoms with Crippen LogP contribution in [0.5, 0.6) is 0 Å². The molecule has 42 heavy (non-hydrogen) atoms. The molecule has 0 amide bonds. The van der Waals surface area contributed by atoms with Crippen molar-refractivity contribution in [2.45, 2.75) is 126 Å². The summed E-state index contributed by atoms with van der Waals surface area (Å²) < 4.78 is 6.21. The Kier molecular flexibility index (Phi) is 8.54. The van der Waals surface area contributed by atoms with Crippen molar-refractivity contribution in [3.05, 3.63) is 65.3 Å². The van der Waals surface area contributed by atoms with Gasteiger partial charge in [0.1, 0.15) is 6.10 Å². The van der Waals surface area contributed by atoms with E-state index in [4.69, 9.17) is 4.74 Å². The Morgan fingerprint density at radius 3 is 2.36 bits per heavy atom. The second kappa shape index (κ2) is 11.4. The molecule has 2 saturated carbocycles. The molecule has 0 radical (unpaired) electrons. The molecule has 4 aliphatic carbocycles. The number of hydrogen-bond donors (Lipinski definition) is 0. The standard InChI is InChI=1S/C40H58O2/c1-27(2)28(3)15-16-29(4)31-21-25-40(9)33-18-19-34-37(5,6)35(42-36(41)20-17-30-13-11-10-12-14-30)23-24-38(34,7)32(33)22-26-39(31,40)8/h10-14,17,20,27,29,31,34-35H,3,15-16,18-19,21-26H2,1-2,4-9H3/t29-,31+,34+,35+,38-,39+,40-/m1/s1. The molecule has 0 heterocycles. The summed E-state index contributed by atoms with van der Waals surface area (Å²) in [6, 6.07) is 10.0. The van der Waals surface area contributed by atoms with Crippen molar-refractivity contribution in [3.63, 3.8) is 0 Å². The van der Waals surface area contributed by atoms with Crippen LogP contribution in [0, 0.1) is 45.3 Å². The van der Waals surface area contributed by atoms with E-state index in [1.165, 1.54) is 56.9 Å². The number of allylic oxidation sites excluding steroid dienone is 3. The Morgan fingerprint density at radius 2 is 1.67 bits per heavy atom. The third kappa shape index (κ3) is 5.17. The summed E-state index contributed by atoms with van der Waals surface area (Å²) in [6.45, 7) is 24.2. The first kappa shape index (κ1) is 31.3. The average molecular weight is 571 g/mol. The van der Waals surface area contributed by atoms with Gasteiger partial charge in [0, 0.05) is 11.5 Å². The Labute approximate surface area is 257 Å². The van der Waals surface area contributed by atoms with Crippen molar-refractivity contribution in [1.82, 2.24) is 0 Å². The van der Waals surface area contributed by atoms with E-state index >= 15 is 0 Å². The summed E-state index contributed by atoms with van der Waals surface area (Å²) >= 11 is 0. The smallest absolute Gasteiger partial charge is 0.331 e. The summed E-state index contributed by atoms with van der Waals surface area (Å²) in [6.07, 6.45) is 15.8. The summed E-state index contributed by atoms with van der Waals surface area (Å²) in [5.74, 6) is 2.48. The van der Waals surface area contributed by atoms with Crippen LogP contribution in [0.3, 0.4) is 0 Å². The maximum atomic E-state index is 12.9. The maximum Gasteiger partial charge on any atom is 0.331 e. The van der Waals surface area contributed by atoms with Crippen LogP contribution in [0.1, 0.15) is 125 Å². The molecule has 0 unspecified atom stereocenters. The Bertz CT molecular complexity index is 1230. The Morgan fingerprint density at radius 1 is 0.952 bits per heavy atom. The normalized spacial score (nSPS) is 36.4. The van der Waals surface area contributed by atoms with Crippen molar-refractivity contribution in [2.75, 3.05) is 0 Å². The first-order valence-electron chi connectivity index (χ1n) is 17.1. The zero-order valence-corrected chi connectivity index (χ0v) is 28.0. The minimum atomic E-state index is -0.208. The molecular weight excluding hydrogens is 512 g/mol. The molecule has 4 aliphatic rings. The fourth-order valence-corrected chi connectivity index (χ4v) is 10.6.